The van der Waals surface area contributed by atoms with Gasteiger partial charge in [-0.2, -0.15) is 0 Å². The lowest BCUT2D eigenvalue weighted by Gasteiger charge is -2.31. The van der Waals surface area contributed by atoms with Gasteiger partial charge in [0, 0.05) is 42.7 Å². The molecular formula is C22H25FN2O4. The number of carbonyl (C=O) groups excluding carboxylic acids is 3. The zero-order chi connectivity index (χ0) is 21.1. The van der Waals surface area contributed by atoms with Crippen molar-refractivity contribution in [1.82, 2.24) is 9.47 Å². The number of benzene rings is 1. The smallest absolute Gasteiger partial charge is 0.309 e. The number of piperidine rings is 1. The van der Waals surface area contributed by atoms with E-state index >= 15 is 0 Å². The minimum atomic E-state index is -0.405. The number of esters is 1. The molecule has 6 nitrogen and oxygen atoms in total. The van der Waals surface area contributed by atoms with E-state index in [4.69, 9.17) is 4.74 Å². The Labute approximate surface area is 169 Å². The van der Waals surface area contributed by atoms with Crippen molar-refractivity contribution >= 4 is 17.7 Å². The summed E-state index contributed by atoms with van der Waals surface area (Å²) in [6, 6.07) is 7.22. The number of hydrogen-bond acceptors (Lipinski definition) is 4. The molecule has 0 bridgehead atoms. The van der Waals surface area contributed by atoms with Crippen molar-refractivity contribution in [3.8, 4) is 0 Å². The lowest BCUT2D eigenvalue weighted by Crippen LogP contribution is -2.40. The van der Waals surface area contributed by atoms with Crippen molar-refractivity contribution in [3.63, 3.8) is 0 Å². The molecule has 1 amide bonds. The van der Waals surface area contributed by atoms with Crippen LogP contribution in [0.15, 0.2) is 30.3 Å². The molecule has 3 rings (SSSR count). The largest absolute Gasteiger partial charge is 0.457 e. The monoisotopic (exact) mass is 400 g/mol. The van der Waals surface area contributed by atoms with Crippen LogP contribution in [-0.4, -0.2) is 46.8 Å². The SMILES string of the molecule is Cc1cc(C(=O)COC(=O)C2CCN(C(=O)c3ccc(F)cc3)CC2)c(C)n1C. The molecule has 29 heavy (non-hydrogen) atoms. The van der Waals surface area contributed by atoms with Crippen molar-refractivity contribution in [2.75, 3.05) is 19.7 Å². The number of ether oxygens (including phenoxy) is 1. The maximum absolute atomic E-state index is 13.0. The number of halogens is 1. The highest BCUT2D eigenvalue weighted by molar-refractivity contribution is 5.99. The van der Waals surface area contributed by atoms with Gasteiger partial charge >= 0.3 is 5.97 Å². The first-order chi connectivity index (χ1) is 13.8. The van der Waals surface area contributed by atoms with Crippen molar-refractivity contribution in [1.29, 1.82) is 0 Å². The number of amides is 1. The molecule has 2 aromatic rings. The molecular weight excluding hydrogens is 375 g/mol. The van der Waals surface area contributed by atoms with Gasteiger partial charge in [0.2, 0.25) is 5.78 Å². The second-order valence-corrected chi connectivity index (χ2v) is 7.45. The predicted octanol–water partition coefficient (Wildman–Crippen LogP) is 3.06. The lowest BCUT2D eigenvalue weighted by atomic mass is 9.96. The summed E-state index contributed by atoms with van der Waals surface area (Å²) < 4.78 is 20.2. The topological polar surface area (TPSA) is 68.6 Å². The third kappa shape index (κ3) is 4.55. The van der Waals surface area contributed by atoms with Gasteiger partial charge in [0.15, 0.2) is 6.61 Å². The van der Waals surface area contributed by atoms with Crippen LogP contribution in [-0.2, 0) is 16.6 Å². The molecule has 1 aromatic heterocycles. The van der Waals surface area contributed by atoms with Gasteiger partial charge in [-0.3, -0.25) is 14.4 Å². The van der Waals surface area contributed by atoms with Gasteiger partial charge in [-0.15, -0.1) is 0 Å². The third-order valence-electron chi connectivity index (χ3n) is 5.63. The summed E-state index contributed by atoms with van der Waals surface area (Å²) in [7, 11) is 1.88. The zero-order valence-electron chi connectivity index (χ0n) is 16.9. The molecule has 0 saturated carbocycles. The van der Waals surface area contributed by atoms with E-state index in [1.54, 1.807) is 11.0 Å². The fourth-order valence-electron chi connectivity index (χ4n) is 3.56. The Kier molecular flexibility index (Phi) is 6.15. The van der Waals surface area contributed by atoms with Crippen molar-refractivity contribution in [2.45, 2.75) is 26.7 Å². The fraction of sp³-hybridized carbons (Fsp3) is 0.409. The number of likely N-dealkylation sites (tertiary alicyclic amines) is 1. The highest BCUT2D eigenvalue weighted by Gasteiger charge is 2.29. The first-order valence-corrected chi connectivity index (χ1v) is 9.65. The van der Waals surface area contributed by atoms with E-state index in [9.17, 15) is 18.8 Å². The molecule has 0 aliphatic carbocycles. The second kappa shape index (κ2) is 8.59. The highest BCUT2D eigenvalue weighted by Crippen LogP contribution is 2.21. The first kappa shape index (κ1) is 20.8. The fourth-order valence-corrected chi connectivity index (χ4v) is 3.56. The lowest BCUT2D eigenvalue weighted by molar-refractivity contribution is -0.148. The molecule has 0 atom stereocenters. The Bertz CT molecular complexity index is 925. The highest BCUT2D eigenvalue weighted by atomic mass is 19.1. The molecule has 1 saturated heterocycles. The normalized spacial score (nSPS) is 14.7. The molecule has 1 fully saturated rings. The summed E-state index contributed by atoms with van der Waals surface area (Å²) in [5, 5.41) is 0. The zero-order valence-corrected chi connectivity index (χ0v) is 16.9. The first-order valence-electron chi connectivity index (χ1n) is 9.65. The number of carbonyl (C=O) groups is 3. The standard InChI is InChI=1S/C22H25FN2O4/c1-14-12-19(15(2)24(14)3)20(26)13-29-22(28)17-8-10-25(11-9-17)21(27)16-4-6-18(23)7-5-16/h4-7,12,17H,8-11,13H2,1-3H3. The van der Waals surface area contributed by atoms with Crippen LogP contribution in [0.2, 0.25) is 0 Å². The molecule has 154 valence electrons. The van der Waals surface area contributed by atoms with Crippen molar-refractivity contribution in [2.24, 2.45) is 13.0 Å². The van der Waals surface area contributed by atoms with Crippen LogP contribution < -0.4 is 0 Å². The average molecular weight is 400 g/mol. The van der Waals surface area contributed by atoms with E-state index in [1.165, 1.54) is 24.3 Å². The summed E-state index contributed by atoms with van der Waals surface area (Å²) in [5.41, 5.74) is 2.80. The summed E-state index contributed by atoms with van der Waals surface area (Å²) in [6.45, 7) is 4.33. The van der Waals surface area contributed by atoms with Crippen LogP contribution in [0.3, 0.4) is 0 Å². The van der Waals surface area contributed by atoms with E-state index in [0.717, 1.165) is 11.4 Å². The van der Waals surface area contributed by atoms with E-state index in [2.05, 4.69) is 0 Å². The van der Waals surface area contributed by atoms with Crippen LogP contribution in [0, 0.1) is 25.6 Å². The van der Waals surface area contributed by atoms with E-state index in [-0.39, 0.29) is 24.2 Å². The van der Waals surface area contributed by atoms with Gasteiger partial charge in [0.05, 0.1) is 5.92 Å². The van der Waals surface area contributed by atoms with Crippen LogP contribution >= 0.6 is 0 Å². The van der Waals surface area contributed by atoms with Crippen molar-refractivity contribution < 1.29 is 23.5 Å². The predicted molar refractivity (Wildman–Crippen MR) is 105 cm³/mol. The number of nitrogens with zero attached hydrogens (tertiary/aromatic N) is 2. The Morgan fingerprint density at radius 3 is 2.28 bits per heavy atom. The number of aryl methyl sites for hydroxylation is 1. The number of rotatable bonds is 5. The molecule has 1 aliphatic rings. The number of aromatic nitrogens is 1. The van der Waals surface area contributed by atoms with Gasteiger partial charge in [-0.05, 0) is 57.0 Å². The third-order valence-corrected chi connectivity index (χ3v) is 5.63. The maximum Gasteiger partial charge on any atom is 0.309 e. The Morgan fingerprint density at radius 1 is 1.10 bits per heavy atom. The average Bonchev–Trinajstić information content (AvgIpc) is 2.99. The molecule has 7 heteroatoms. The van der Waals surface area contributed by atoms with Crippen LogP contribution in [0.1, 0.15) is 44.9 Å². The number of ketones is 1. The van der Waals surface area contributed by atoms with Gasteiger partial charge in [-0.1, -0.05) is 0 Å². The summed E-state index contributed by atoms with van der Waals surface area (Å²) in [4.78, 5) is 38.8. The molecule has 0 spiro atoms. The quantitative estimate of drug-likeness (QED) is 0.571. The number of Topliss-reactive ketones (excluding diaryl/α,β-unsaturated/α-hetero) is 1. The van der Waals surface area contributed by atoms with Crippen LogP contribution in [0.25, 0.3) is 0 Å². The Hall–Kier alpha value is -2.96. The molecule has 0 N–H and O–H groups in total. The van der Waals surface area contributed by atoms with Gasteiger partial charge in [0.25, 0.3) is 5.91 Å². The van der Waals surface area contributed by atoms with Gasteiger partial charge in [-0.25, -0.2) is 4.39 Å². The van der Waals surface area contributed by atoms with E-state index in [0.29, 0.717) is 37.1 Å². The van der Waals surface area contributed by atoms with E-state index in [1.807, 2.05) is 25.5 Å². The summed E-state index contributed by atoms with van der Waals surface area (Å²) in [5.74, 6) is -1.53. The molecule has 1 aliphatic heterocycles. The number of hydrogen-bond donors (Lipinski definition) is 0. The molecule has 2 heterocycles. The Balaban J connectivity index is 1.49. The minimum absolute atomic E-state index is 0.179. The molecule has 0 radical (unpaired) electrons. The van der Waals surface area contributed by atoms with Gasteiger partial charge in [0.1, 0.15) is 5.82 Å². The molecule has 0 unspecified atom stereocenters. The maximum atomic E-state index is 13.0. The van der Waals surface area contributed by atoms with Gasteiger partial charge < -0.3 is 14.2 Å². The summed E-state index contributed by atoms with van der Waals surface area (Å²) in [6.07, 6.45) is 0.951. The van der Waals surface area contributed by atoms with Crippen LogP contribution in [0.4, 0.5) is 4.39 Å². The van der Waals surface area contributed by atoms with Crippen molar-refractivity contribution in [3.05, 3.63) is 58.7 Å². The summed E-state index contributed by atoms with van der Waals surface area (Å²) >= 11 is 0. The van der Waals surface area contributed by atoms with Crippen LogP contribution in [0.5, 0.6) is 0 Å². The Morgan fingerprint density at radius 2 is 1.72 bits per heavy atom. The van der Waals surface area contributed by atoms with E-state index < -0.39 is 11.8 Å². The molecule has 1 aromatic carbocycles. The minimum Gasteiger partial charge on any atom is -0.457 e. The second-order valence-electron chi connectivity index (χ2n) is 7.45.